The molecule has 0 aromatic heterocycles. The van der Waals surface area contributed by atoms with Gasteiger partial charge < -0.3 is 19.7 Å². The molecule has 1 N–H and O–H groups in total. The van der Waals surface area contributed by atoms with Gasteiger partial charge in [0.2, 0.25) is 5.91 Å². The lowest BCUT2D eigenvalue weighted by molar-refractivity contribution is -0.116. The Labute approximate surface area is 146 Å². The summed E-state index contributed by atoms with van der Waals surface area (Å²) in [5.74, 6) is 0.735. The van der Waals surface area contributed by atoms with Crippen molar-refractivity contribution in [3.63, 3.8) is 0 Å². The summed E-state index contributed by atoms with van der Waals surface area (Å²) in [5.41, 5.74) is 1.78. The Morgan fingerprint density at radius 2 is 1.84 bits per heavy atom. The highest BCUT2D eigenvalue weighted by Gasteiger charge is 2.30. The lowest BCUT2D eigenvalue weighted by Gasteiger charge is -2.28. The molecule has 0 fully saturated rings. The lowest BCUT2D eigenvalue weighted by atomic mass is 10.1. The second kappa shape index (κ2) is 6.84. The molecular weight excluding hydrogens is 320 g/mol. The number of hydrogen-bond acceptors (Lipinski definition) is 4. The van der Waals surface area contributed by atoms with E-state index in [2.05, 4.69) is 5.32 Å². The normalized spacial score (nSPS) is 16.5. The van der Waals surface area contributed by atoms with Gasteiger partial charge in [0.15, 0.2) is 11.5 Å². The van der Waals surface area contributed by atoms with Crippen LogP contribution < -0.4 is 19.7 Å². The van der Waals surface area contributed by atoms with E-state index in [1.165, 1.54) is 7.11 Å². The van der Waals surface area contributed by atoms with E-state index in [1.807, 2.05) is 25.1 Å². The minimum absolute atomic E-state index is 0.109. The number of para-hydroxylation sites is 2. The highest BCUT2D eigenvalue weighted by Crippen LogP contribution is 2.34. The average Bonchev–Trinajstić information content (AvgIpc) is 2.74. The third kappa shape index (κ3) is 3.15. The smallest absolute Gasteiger partial charge is 0.258 e. The van der Waals surface area contributed by atoms with Crippen molar-refractivity contribution in [2.45, 2.75) is 19.4 Å². The van der Waals surface area contributed by atoms with Crippen LogP contribution in [0, 0.1) is 0 Å². The number of nitrogens with one attached hydrogen (secondary N) is 1. The van der Waals surface area contributed by atoms with Crippen LogP contribution in [0.4, 0.5) is 11.4 Å². The number of methoxy groups -OCH3 is 2. The fourth-order valence-electron chi connectivity index (χ4n) is 3.01. The van der Waals surface area contributed by atoms with E-state index in [0.717, 1.165) is 0 Å². The number of anilines is 2. The summed E-state index contributed by atoms with van der Waals surface area (Å²) in [6.07, 6.45) is 0.230. The molecule has 1 unspecified atom stereocenters. The van der Waals surface area contributed by atoms with Crippen molar-refractivity contribution in [1.29, 1.82) is 0 Å². The van der Waals surface area contributed by atoms with E-state index in [0.29, 0.717) is 28.4 Å². The molecular formula is C19H20N2O4. The van der Waals surface area contributed by atoms with Gasteiger partial charge in [-0.05, 0) is 37.3 Å². The Morgan fingerprint density at radius 3 is 2.56 bits per heavy atom. The minimum Gasteiger partial charge on any atom is -0.493 e. The zero-order valence-electron chi connectivity index (χ0n) is 14.4. The van der Waals surface area contributed by atoms with E-state index in [1.54, 1.807) is 36.3 Å². The third-order valence-corrected chi connectivity index (χ3v) is 4.21. The topological polar surface area (TPSA) is 67.9 Å². The molecule has 0 radical (unpaired) electrons. The molecule has 1 heterocycles. The van der Waals surface area contributed by atoms with E-state index in [4.69, 9.17) is 9.47 Å². The number of nitrogens with zero attached hydrogens (tertiary/aromatic N) is 1. The molecule has 0 bridgehead atoms. The van der Waals surface area contributed by atoms with E-state index in [-0.39, 0.29) is 24.3 Å². The summed E-state index contributed by atoms with van der Waals surface area (Å²) in [6, 6.07) is 12.1. The Kier molecular flexibility index (Phi) is 4.61. The third-order valence-electron chi connectivity index (χ3n) is 4.21. The highest BCUT2D eigenvalue weighted by atomic mass is 16.5. The monoisotopic (exact) mass is 340 g/mol. The molecule has 6 heteroatoms. The predicted molar refractivity (Wildman–Crippen MR) is 95.5 cm³/mol. The Hall–Kier alpha value is -3.02. The first kappa shape index (κ1) is 16.8. The maximum Gasteiger partial charge on any atom is 0.258 e. The van der Waals surface area contributed by atoms with Gasteiger partial charge in [0.25, 0.3) is 5.91 Å². The number of rotatable bonds is 3. The Bertz CT molecular complexity index is 819. The summed E-state index contributed by atoms with van der Waals surface area (Å²) < 4.78 is 10.5. The van der Waals surface area contributed by atoms with Crippen LogP contribution in [0.15, 0.2) is 42.5 Å². The van der Waals surface area contributed by atoms with Gasteiger partial charge in [-0.3, -0.25) is 9.59 Å². The van der Waals surface area contributed by atoms with Crippen LogP contribution >= 0.6 is 0 Å². The van der Waals surface area contributed by atoms with Crippen LogP contribution in [-0.4, -0.2) is 32.1 Å². The van der Waals surface area contributed by atoms with Crippen LogP contribution in [-0.2, 0) is 4.79 Å². The molecule has 2 aromatic carbocycles. The van der Waals surface area contributed by atoms with Crippen molar-refractivity contribution >= 4 is 23.2 Å². The largest absolute Gasteiger partial charge is 0.493 e. The summed E-state index contributed by atoms with van der Waals surface area (Å²) in [5, 5.41) is 2.85. The molecule has 3 rings (SSSR count). The molecule has 0 saturated heterocycles. The highest BCUT2D eigenvalue weighted by molar-refractivity contribution is 6.11. The van der Waals surface area contributed by atoms with Crippen molar-refractivity contribution < 1.29 is 19.1 Å². The first-order chi connectivity index (χ1) is 12.0. The van der Waals surface area contributed by atoms with Crippen molar-refractivity contribution in [3.8, 4) is 11.5 Å². The van der Waals surface area contributed by atoms with Gasteiger partial charge in [-0.1, -0.05) is 12.1 Å². The standard InChI is InChI=1S/C19H20N2O4/c1-12-10-18(22)20-14-6-4-5-7-15(14)21(12)19(23)13-8-9-16(24-2)17(11-13)25-3/h4-9,11-12H,10H2,1-3H3,(H,20,22). The van der Waals surface area contributed by atoms with Crippen LogP contribution in [0.2, 0.25) is 0 Å². The zero-order valence-corrected chi connectivity index (χ0v) is 14.4. The van der Waals surface area contributed by atoms with Gasteiger partial charge in [0.05, 0.1) is 25.6 Å². The summed E-state index contributed by atoms with van der Waals surface area (Å²) in [7, 11) is 3.07. The van der Waals surface area contributed by atoms with Crippen molar-refractivity contribution in [1.82, 2.24) is 0 Å². The number of hydrogen-bond donors (Lipinski definition) is 1. The number of carbonyl (C=O) groups excluding carboxylic acids is 2. The van der Waals surface area contributed by atoms with Crippen molar-refractivity contribution in [2.24, 2.45) is 0 Å². The van der Waals surface area contributed by atoms with E-state index in [9.17, 15) is 9.59 Å². The van der Waals surface area contributed by atoms with Gasteiger partial charge in [0, 0.05) is 18.0 Å². The first-order valence-electron chi connectivity index (χ1n) is 7.99. The van der Waals surface area contributed by atoms with Crippen LogP contribution in [0.5, 0.6) is 11.5 Å². The van der Waals surface area contributed by atoms with Gasteiger partial charge in [-0.25, -0.2) is 0 Å². The van der Waals surface area contributed by atoms with Crippen LogP contribution in [0.3, 0.4) is 0 Å². The zero-order chi connectivity index (χ0) is 18.0. The molecule has 25 heavy (non-hydrogen) atoms. The molecule has 0 saturated carbocycles. The average molecular weight is 340 g/mol. The van der Waals surface area contributed by atoms with E-state index >= 15 is 0 Å². The summed E-state index contributed by atoms with van der Waals surface area (Å²) in [4.78, 5) is 26.9. The number of ether oxygens (including phenoxy) is 2. The molecule has 2 aromatic rings. The second-order valence-corrected chi connectivity index (χ2v) is 5.86. The molecule has 0 spiro atoms. The molecule has 2 amide bonds. The molecule has 6 nitrogen and oxygen atoms in total. The van der Waals surface area contributed by atoms with E-state index < -0.39 is 0 Å². The van der Waals surface area contributed by atoms with Gasteiger partial charge in [0.1, 0.15) is 0 Å². The van der Waals surface area contributed by atoms with Gasteiger partial charge >= 0.3 is 0 Å². The Morgan fingerprint density at radius 1 is 1.12 bits per heavy atom. The number of carbonyl (C=O) groups is 2. The Balaban J connectivity index is 2.05. The maximum atomic E-state index is 13.2. The van der Waals surface area contributed by atoms with Gasteiger partial charge in [-0.2, -0.15) is 0 Å². The summed E-state index contributed by atoms with van der Waals surface area (Å²) in [6.45, 7) is 1.86. The summed E-state index contributed by atoms with van der Waals surface area (Å²) >= 11 is 0. The fourth-order valence-corrected chi connectivity index (χ4v) is 3.01. The molecule has 1 aliphatic heterocycles. The minimum atomic E-state index is -0.274. The second-order valence-electron chi connectivity index (χ2n) is 5.86. The molecule has 1 atom stereocenters. The molecule has 130 valence electrons. The van der Waals surface area contributed by atoms with Crippen LogP contribution in [0.25, 0.3) is 0 Å². The van der Waals surface area contributed by atoms with Gasteiger partial charge in [-0.15, -0.1) is 0 Å². The number of fused-ring (bicyclic) bond motifs is 1. The van der Waals surface area contributed by atoms with Crippen molar-refractivity contribution in [3.05, 3.63) is 48.0 Å². The number of amides is 2. The lowest BCUT2D eigenvalue weighted by Crippen LogP contribution is -2.39. The SMILES string of the molecule is COc1ccc(C(=O)N2c3ccccc3NC(=O)CC2C)cc1OC. The van der Waals surface area contributed by atoms with Crippen molar-refractivity contribution in [2.75, 3.05) is 24.4 Å². The number of benzene rings is 2. The predicted octanol–water partition coefficient (Wildman–Crippen LogP) is 3.08. The van der Waals surface area contributed by atoms with Crippen LogP contribution in [0.1, 0.15) is 23.7 Å². The first-order valence-corrected chi connectivity index (χ1v) is 7.99. The fraction of sp³-hybridized carbons (Fsp3) is 0.263. The molecule has 1 aliphatic rings. The maximum absolute atomic E-state index is 13.2. The quantitative estimate of drug-likeness (QED) is 0.932. The molecule has 0 aliphatic carbocycles.